The normalized spacial score (nSPS) is 24.0. The number of carboxylic acids is 1. The highest BCUT2D eigenvalue weighted by Crippen LogP contribution is 2.24. The molecule has 0 saturated carbocycles. The Morgan fingerprint density at radius 1 is 1.39 bits per heavy atom. The number of hydrogen-bond donors (Lipinski definition) is 2. The molecule has 1 aliphatic rings. The molecule has 98 valence electrons. The Balaban J connectivity index is 2.18. The number of nitrogens with zero attached hydrogens (tertiary/aromatic N) is 1. The second-order valence-corrected chi connectivity index (χ2v) is 4.97. The Morgan fingerprint density at radius 3 is 2.67 bits per heavy atom. The lowest BCUT2D eigenvalue weighted by Gasteiger charge is -2.36. The van der Waals surface area contributed by atoms with Crippen LogP contribution in [0.5, 0.6) is 0 Å². The third-order valence-corrected chi connectivity index (χ3v) is 3.67. The molecule has 2 N–H and O–H groups in total. The van der Waals surface area contributed by atoms with Gasteiger partial charge in [0.15, 0.2) is 0 Å². The van der Waals surface area contributed by atoms with Gasteiger partial charge in [-0.25, -0.2) is 0 Å². The predicted molar refractivity (Wildman–Crippen MR) is 66.4 cm³/mol. The van der Waals surface area contributed by atoms with E-state index in [9.17, 15) is 9.59 Å². The molecule has 1 fully saturated rings. The molecule has 2 rings (SSSR count). The first-order valence-electron chi connectivity index (χ1n) is 6.18. The minimum atomic E-state index is -0.814. The summed E-state index contributed by atoms with van der Waals surface area (Å²) in [5.74, 6) is -1.33. The first-order valence-corrected chi connectivity index (χ1v) is 6.18. The summed E-state index contributed by atoms with van der Waals surface area (Å²) < 4.78 is 0. The number of nitrogens with one attached hydrogen (secondary N) is 1. The van der Waals surface area contributed by atoms with Gasteiger partial charge in [-0.15, -0.1) is 0 Å². The molecule has 2 atom stereocenters. The zero-order chi connectivity index (χ0) is 13.3. The molecule has 1 aliphatic heterocycles. The van der Waals surface area contributed by atoms with Crippen LogP contribution in [0.3, 0.4) is 0 Å². The van der Waals surface area contributed by atoms with Crippen molar-refractivity contribution < 1.29 is 14.7 Å². The number of aromatic nitrogens is 1. The standard InChI is InChI=1S/C13H18N2O3/c1-8-5-14-6-11(8)12(16)15-7-10(13(17)18)4-3-9(15)2/h5-6,9-10,14H,3-4,7H2,1-2H3,(H,17,18). The maximum absolute atomic E-state index is 12.4. The summed E-state index contributed by atoms with van der Waals surface area (Å²) >= 11 is 0. The molecule has 1 aromatic rings. The van der Waals surface area contributed by atoms with Crippen LogP contribution in [0.25, 0.3) is 0 Å². The minimum absolute atomic E-state index is 0.0767. The van der Waals surface area contributed by atoms with E-state index in [0.717, 1.165) is 12.0 Å². The van der Waals surface area contributed by atoms with E-state index in [1.54, 1.807) is 17.3 Å². The Kier molecular flexibility index (Phi) is 3.41. The van der Waals surface area contributed by atoms with Gasteiger partial charge >= 0.3 is 5.97 Å². The molecule has 0 bridgehead atoms. The van der Waals surface area contributed by atoms with Gasteiger partial charge < -0.3 is 15.0 Å². The van der Waals surface area contributed by atoms with Crippen molar-refractivity contribution in [2.75, 3.05) is 6.54 Å². The lowest BCUT2D eigenvalue weighted by molar-refractivity contribution is -0.143. The highest BCUT2D eigenvalue weighted by molar-refractivity contribution is 5.96. The number of likely N-dealkylation sites (tertiary alicyclic amines) is 1. The number of piperidine rings is 1. The van der Waals surface area contributed by atoms with Crippen LogP contribution in [0.2, 0.25) is 0 Å². The summed E-state index contributed by atoms with van der Waals surface area (Å²) in [6.45, 7) is 4.14. The molecule has 2 heterocycles. The van der Waals surface area contributed by atoms with E-state index >= 15 is 0 Å². The van der Waals surface area contributed by atoms with E-state index in [-0.39, 0.29) is 11.9 Å². The van der Waals surface area contributed by atoms with Crippen LogP contribution >= 0.6 is 0 Å². The van der Waals surface area contributed by atoms with Gasteiger partial charge in [-0.2, -0.15) is 0 Å². The van der Waals surface area contributed by atoms with E-state index in [1.807, 2.05) is 13.8 Å². The molecule has 18 heavy (non-hydrogen) atoms. The zero-order valence-electron chi connectivity index (χ0n) is 10.6. The maximum Gasteiger partial charge on any atom is 0.308 e. The fourth-order valence-corrected chi connectivity index (χ4v) is 2.42. The summed E-state index contributed by atoms with van der Waals surface area (Å²) in [6.07, 6.45) is 4.84. The van der Waals surface area contributed by atoms with Crippen molar-refractivity contribution in [2.24, 2.45) is 5.92 Å². The maximum atomic E-state index is 12.4. The number of carbonyl (C=O) groups is 2. The summed E-state index contributed by atoms with van der Waals surface area (Å²) in [4.78, 5) is 28.0. The molecule has 0 aromatic carbocycles. The number of carbonyl (C=O) groups excluding carboxylic acids is 1. The molecule has 0 radical (unpaired) electrons. The highest BCUT2D eigenvalue weighted by atomic mass is 16.4. The van der Waals surface area contributed by atoms with Crippen LogP contribution in [-0.4, -0.2) is 39.5 Å². The quantitative estimate of drug-likeness (QED) is 0.838. The van der Waals surface area contributed by atoms with Crippen LogP contribution in [0.1, 0.15) is 35.7 Å². The van der Waals surface area contributed by atoms with Crippen molar-refractivity contribution in [2.45, 2.75) is 32.7 Å². The number of aromatic amines is 1. The van der Waals surface area contributed by atoms with Crippen molar-refractivity contribution in [3.05, 3.63) is 23.5 Å². The Bertz CT molecular complexity index is 467. The lowest BCUT2D eigenvalue weighted by Crippen LogP contribution is -2.47. The van der Waals surface area contributed by atoms with Gasteiger partial charge in [0.2, 0.25) is 0 Å². The molecule has 5 nitrogen and oxygen atoms in total. The Hall–Kier alpha value is -1.78. The van der Waals surface area contributed by atoms with Gasteiger partial charge in [0, 0.05) is 25.0 Å². The second-order valence-electron chi connectivity index (χ2n) is 4.97. The molecular formula is C13H18N2O3. The molecule has 1 saturated heterocycles. The van der Waals surface area contributed by atoms with Gasteiger partial charge in [0.25, 0.3) is 5.91 Å². The van der Waals surface area contributed by atoms with Crippen LogP contribution in [-0.2, 0) is 4.79 Å². The van der Waals surface area contributed by atoms with E-state index in [0.29, 0.717) is 18.5 Å². The van der Waals surface area contributed by atoms with E-state index in [4.69, 9.17) is 5.11 Å². The molecule has 5 heteroatoms. The number of H-pyrrole nitrogens is 1. The smallest absolute Gasteiger partial charge is 0.308 e. The largest absolute Gasteiger partial charge is 0.481 e. The van der Waals surface area contributed by atoms with Crippen LogP contribution in [0, 0.1) is 12.8 Å². The topological polar surface area (TPSA) is 73.4 Å². The van der Waals surface area contributed by atoms with Gasteiger partial charge in [-0.3, -0.25) is 9.59 Å². The summed E-state index contributed by atoms with van der Waals surface area (Å²) in [5, 5.41) is 9.07. The first-order chi connectivity index (χ1) is 8.50. The fraction of sp³-hybridized carbons (Fsp3) is 0.538. The van der Waals surface area contributed by atoms with Crippen molar-refractivity contribution in [1.82, 2.24) is 9.88 Å². The van der Waals surface area contributed by atoms with Gasteiger partial charge in [0.05, 0.1) is 11.5 Å². The summed E-state index contributed by atoms with van der Waals surface area (Å²) in [5.41, 5.74) is 1.53. The number of rotatable bonds is 2. The number of aryl methyl sites for hydroxylation is 1. The molecule has 1 aromatic heterocycles. The Morgan fingerprint density at radius 2 is 2.11 bits per heavy atom. The molecule has 2 unspecified atom stereocenters. The van der Waals surface area contributed by atoms with Crippen LogP contribution < -0.4 is 0 Å². The zero-order valence-corrected chi connectivity index (χ0v) is 10.6. The third kappa shape index (κ3) is 2.25. The van der Waals surface area contributed by atoms with E-state index in [1.165, 1.54) is 0 Å². The molecule has 1 amide bonds. The molecule has 0 aliphatic carbocycles. The SMILES string of the molecule is Cc1c[nH]cc1C(=O)N1CC(C(=O)O)CCC1C. The number of hydrogen-bond acceptors (Lipinski definition) is 2. The summed E-state index contributed by atoms with van der Waals surface area (Å²) in [7, 11) is 0. The average molecular weight is 250 g/mol. The summed E-state index contributed by atoms with van der Waals surface area (Å²) in [6, 6.07) is 0.0994. The number of carboxylic acid groups (broad SMARTS) is 1. The Labute approximate surface area is 106 Å². The van der Waals surface area contributed by atoms with Crippen LogP contribution in [0.4, 0.5) is 0 Å². The van der Waals surface area contributed by atoms with E-state index in [2.05, 4.69) is 4.98 Å². The monoisotopic (exact) mass is 250 g/mol. The first kappa shape index (κ1) is 12.7. The van der Waals surface area contributed by atoms with Gasteiger partial charge in [0.1, 0.15) is 0 Å². The van der Waals surface area contributed by atoms with Crippen molar-refractivity contribution >= 4 is 11.9 Å². The third-order valence-electron chi connectivity index (χ3n) is 3.67. The van der Waals surface area contributed by atoms with Gasteiger partial charge in [-0.1, -0.05) is 0 Å². The lowest BCUT2D eigenvalue weighted by atomic mass is 9.93. The van der Waals surface area contributed by atoms with Crippen molar-refractivity contribution in [1.29, 1.82) is 0 Å². The number of aliphatic carboxylic acids is 1. The fourth-order valence-electron chi connectivity index (χ4n) is 2.42. The molecule has 0 spiro atoms. The average Bonchev–Trinajstić information content (AvgIpc) is 2.75. The minimum Gasteiger partial charge on any atom is -0.481 e. The van der Waals surface area contributed by atoms with Crippen molar-refractivity contribution in [3.8, 4) is 0 Å². The second kappa shape index (κ2) is 4.84. The van der Waals surface area contributed by atoms with Crippen molar-refractivity contribution in [3.63, 3.8) is 0 Å². The predicted octanol–water partition coefficient (Wildman–Crippen LogP) is 1.65. The van der Waals surface area contributed by atoms with Gasteiger partial charge in [-0.05, 0) is 32.3 Å². The molecular weight excluding hydrogens is 232 g/mol. The van der Waals surface area contributed by atoms with E-state index < -0.39 is 11.9 Å². The highest BCUT2D eigenvalue weighted by Gasteiger charge is 2.33. The van der Waals surface area contributed by atoms with Crippen LogP contribution in [0.15, 0.2) is 12.4 Å². The number of amides is 1.